The Hall–Kier alpha value is -3.44. The van der Waals surface area contributed by atoms with Crippen LogP contribution in [0.3, 0.4) is 0 Å². The van der Waals surface area contributed by atoms with Gasteiger partial charge in [0.1, 0.15) is 5.69 Å². The molecule has 0 saturated heterocycles. The van der Waals surface area contributed by atoms with Crippen LogP contribution in [0.25, 0.3) is 0 Å². The molecule has 0 aliphatic heterocycles. The SMILES string of the molecule is O=C(Nc1cnn(Cc2ccc(C(F)(F)F)cc2C(F)(F)F)c1)c1cnccn1. The molecular weight excluding hydrogens is 404 g/mol. The van der Waals surface area contributed by atoms with Crippen LogP contribution in [0.2, 0.25) is 0 Å². The van der Waals surface area contributed by atoms with Crippen LogP contribution >= 0.6 is 0 Å². The number of nitrogens with one attached hydrogen (secondary N) is 1. The summed E-state index contributed by atoms with van der Waals surface area (Å²) in [5, 5.41) is 6.27. The van der Waals surface area contributed by atoms with Gasteiger partial charge in [0.2, 0.25) is 0 Å². The average molecular weight is 415 g/mol. The molecule has 2 aromatic heterocycles. The highest BCUT2D eigenvalue weighted by atomic mass is 19.4. The van der Waals surface area contributed by atoms with E-state index in [1.807, 2.05) is 0 Å². The Balaban J connectivity index is 1.81. The van der Waals surface area contributed by atoms with Crippen LogP contribution in [0.15, 0.2) is 49.2 Å². The summed E-state index contributed by atoms with van der Waals surface area (Å²) < 4.78 is 78.9. The molecule has 152 valence electrons. The summed E-state index contributed by atoms with van der Waals surface area (Å²) in [6.07, 6.45) is -3.55. The van der Waals surface area contributed by atoms with Gasteiger partial charge in [0.25, 0.3) is 5.91 Å². The number of halogens is 6. The molecule has 29 heavy (non-hydrogen) atoms. The van der Waals surface area contributed by atoms with Gasteiger partial charge >= 0.3 is 12.4 Å². The Morgan fingerprint density at radius 1 is 1.03 bits per heavy atom. The molecule has 0 saturated carbocycles. The molecule has 3 aromatic rings. The zero-order valence-corrected chi connectivity index (χ0v) is 14.3. The number of hydrogen-bond acceptors (Lipinski definition) is 4. The second-order valence-corrected chi connectivity index (χ2v) is 5.84. The standard InChI is InChI=1S/C17H11F6N5O/c18-16(19,20)11-2-1-10(13(5-11)17(21,22)23)8-28-9-12(6-26-28)27-15(29)14-7-24-3-4-25-14/h1-7,9H,8H2,(H,27,29). The van der Waals surface area contributed by atoms with E-state index in [9.17, 15) is 31.1 Å². The monoisotopic (exact) mass is 415 g/mol. The van der Waals surface area contributed by atoms with Gasteiger partial charge in [-0.05, 0) is 17.7 Å². The Morgan fingerprint density at radius 3 is 2.41 bits per heavy atom. The number of anilines is 1. The Morgan fingerprint density at radius 2 is 1.79 bits per heavy atom. The lowest BCUT2D eigenvalue weighted by atomic mass is 10.0. The number of rotatable bonds is 4. The minimum absolute atomic E-state index is 0.0161. The summed E-state index contributed by atoms with van der Waals surface area (Å²) in [6.45, 7) is -0.450. The van der Waals surface area contributed by atoms with Crippen molar-refractivity contribution in [1.29, 1.82) is 0 Å². The van der Waals surface area contributed by atoms with Gasteiger partial charge < -0.3 is 5.32 Å². The van der Waals surface area contributed by atoms with Crippen LogP contribution in [-0.2, 0) is 18.9 Å². The van der Waals surface area contributed by atoms with Gasteiger partial charge in [0.05, 0.1) is 35.8 Å². The molecule has 0 radical (unpaired) electrons. The first-order chi connectivity index (χ1) is 13.5. The van der Waals surface area contributed by atoms with E-state index in [0.29, 0.717) is 6.07 Å². The maximum absolute atomic E-state index is 13.2. The third-order valence-electron chi connectivity index (χ3n) is 3.76. The fourth-order valence-corrected chi connectivity index (χ4v) is 2.46. The third kappa shape index (κ3) is 4.89. The lowest BCUT2D eigenvalue weighted by molar-refractivity contribution is -0.143. The lowest BCUT2D eigenvalue weighted by Crippen LogP contribution is -2.15. The highest BCUT2D eigenvalue weighted by Crippen LogP contribution is 2.37. The molecule has 2 heterocycles. The number of benzene rings is 1. The van der Waals surface area contributed by atoms with Crippen LogP contribution in [0.4, 0.5) is 32.0 Å². The van der Waals surface area contributed by atoms with Gasteiger partial charge in [0, 0.05) is 18.6 Å². The van der Waals surface area contributed by atoms with Crippen LogP contribution < -0.4 is 5.32 Å². The Bertz CT molecular complexity index is 1010. The van der Waals surface area contributed by atoms with Crippen molar-refractivity contribution < 1.29 is 31.1 Å². The number of carbonyl (C=O) groups is 1. The molecule has 0 aliphatic rings. The minimum Gasteiger partial charge on any atom is -0.318 e. The van der Waals surface area contributed by atoms with Crippen molar-refractivity contribution in [3.05, 3.63) is 71.6 Å². The fourth-order valence-electron chi connectivity index (χ4n) is 2.46. The van der Waals surface area contributed by atoms with Gasteiger partial charge in [-0.1, -0.05) is 6.07 Å². The molecule has 0 bridgehead atoms. The van der Waals surface area contributed by atoms with E-state index in [1.54, 1.807) is 0 Å². The van der Waals surface area contributed by atoms with Crippen molar-refractivity contribution in [2.45, 2.75) is 18.9 Å². The molecular formula is C17H11F6N5O. The molecule has 0 atom stereocenters. The molecule has 0 aliphatic carbocycles. The number of amides is 1. The minimum atomic E-state index is -4.98. The van der Waals surface area contributed by atoms with Crippen LogP contribution in [-0.4, -0.2) is 25.7 Å². The summed E-state index contributed by atoms with van der Waals surface area (Å²) in [4.78, 5) is 19.5. The number of aromatic nitrogens is 4. The van der Waals surface area contributed by atoms with E-state index in [1.165, 1.54) is 31.0 Å². The van der Waals surface area contributed by atoms with Crippen LogP contribution in [0.5, 0.6) is 0 Å². The predicted octanol–water partition coefficient (Wildman–Crippen LogP) is 4.01. The highest BCUT2D eigenvalue weighted by Gasteiger charge is 2.38. The molecule has 6 nitrogen and oxygen atoms in total. The summed E-state index contributed by atoms with van der Waals surface area (Å²) in [7, 11) is 0. The summed E-state index contributed by atoms with van der Waals surface area (Å²) in [5.41, 5.74) is -3.03. The quantitative estimate of drug-likeness (QED) is 0.654. The summed E-state index contributed by atoms with van der Waals surface area (Å²) >= 11 is 0. The van der Waals surface area contributed by atoms with Gasteiger partial charge in [-0.3, -0.25) is 14.5 Å². The van der Waals surface area contributed by atoms with Gasteiger partial charge in [-0.15, -0.1) is 0 Å². The molecule has 3 rings (SSSR count). The van der Waals surface area contributed by atoms with Crippen molar-refractivity contribution in [2.24, 2.45) is 0 Å². The van der Waals surface area contributed by atoms with E-state index in [2.05, 4.69) is 20.4 Å². The number of hydrogen-bond donors (Lipinski definition) is 1. The highest BCUT2D eigenvalue weighted by molar-refractivity contribution is 6.02. The molecule has 0 fully saturated rings. The third-order valence-corrected chi connectivity index (χ3v) is 3.76. The molecule has 1 N–H and O–H groups in total. The van der Waals surface area contributed by atoms with E-state index < -0.39 is 41.5 Å². The zero-order valence-electron chi connectivity index (χ0n) is 14.3. The maximum atomic E-state index is 13.2. The first kappa shape index (κ1) is 20.3. The molecule has 0 unspecified atom stereocenters. The average Bonchev–Trinajstić information content (AvgIpc) is 3.07. The van der Waals surface area contributed by atoms with Crippen molar-refractivity contribution in [3.8, 4) is 0 Å². The maximum Gasteiger partial charge on any atom is 0.416 e. The fraction of sp³-hybridized carbons (Fsp3) is 0.176. The summed E-state index contributed by atoms with van der Waals surface area (Å²) in [6, 6.07) is 1.39. The van der Waals surface area contributed by atoms with Crippen molar-refractivity contribution >= 4 is 11.6 Å². The van der Waals surface area contributed by atoms with Crippen molar-refractivity contribution in [3.63, 3.8) is 0 Å². The first-order valence-corrected chi connectivity index (χ1v) is 7.91. The Kier molecular flexibility index (Phi) is 5.27. The second kappa shape index (κ2) is 7.53. The lowest BCUT2D eigenvalue weighted by Gasteiger charge is -2.16. The van der Waals surface area contributed by atoms with Gasteiger partial charge in [0.15, 0.2) is 0 Å². The predicted molar refractivity (Wildman–Crippen MR) is 87.8 cm³/mol. The van der Waals surface area contributed by atoms with Crippen LogP contribution in [0.1, 0.15) is 27.2 Å². The van der Waals surface area contributed by atoms with E-state index in [0.717, 1.165) is 10.7 Å². The molecule has 1 aromatic carbocycles. The first-order valence-electron chi connectivity index (χ1n) is 7.91. The molecule has 1 amide bonds. The molecule has 0 spiro atoms. The largest absolute Gasteiger partial charge is 0.416 e. The van der Waals surface area contributed by atoms with Crippen molar-refractivity contribution in [1.82, 2.24) is 19.7 Å². The van der Waals surface area contributed by atoms with E-state index in [4.69, 9.17) is 0 Å². The molecule has 12 heteroatoms. The zero-order chi connectivity index (χ0) is 21.2. The van der Waals surface area contributed by atoms with Crippen LogP contribution in [0, 0.1) is 0 Å². The second-order valence-electron chi connectivity index (χ2n) is 5.84. The van der Waals surface area contributed by atoms with Gasteiger partial charge in [-0.25, -0.2) is 4.98 Å². The Labute approximate surface area is 159 Å². The number of carbonyl (C=O) groups excluding carboxylic acids is 1. The topological polar surface area (TPSA) is 72.7 Å². The van der Waals surface area contributed by atoms with Gasteiger partial charge in [-0.2, -0.15) is 31.4 Å². The normalized spacial score (nSPS) is 12.1. The summed E-state index contributed by atoms with van der Waals surface area (Å²) in [5.74, 6) is -0.608. The van der Waals surface area contributed by atoms with E-state index in [-0.39, 0.29) is 17.4 Å². The number of nitrogens with zero attached hydrogens (tertiary/aromatic N) is 4. The number of alkyl halides is 6. The smallest absolute Gasteiger partial charge is 0.318 e. The van der Waals surface area contributed by atoms with Crippen molar-refractivity contribution in [2.75, 3.05) is 5.32 Å². The van der Waals surface area contributed by atoms with E-state index >= 15 is 0 Å².